The quantitative estimate of drug-likeness (QED) is 0.243. The number of fused-ring (bicyclic) bond motifs is 5. The van der Waals surface area contributed by atoms with Gasteiger partial charge in [-0.2, -0.15) is 0 Å². The number of hydrogen-bond acceptors (Lipinski definition) is 3. The molecule has 7 aromatic rings. The van der Waals surface area contributed by atoms with Crippen LogP contribution in [0.2, 0.25) is 0 Å². The van der Waals surface area contributed by atoms with Crippen LogP contribution in [0.4, 0.5) is 0 Å². The molecule has 0 saturated heterocycles. The van der Waals surface area contributed by atoms with E-state index in [-0.39, 0.29) is 0 Å². The molecule has 0 unspecified atom stereocenters. The largest absolute Gasteiger partial charge is 0.452 e. The highest BCUT2D eigenvalue weighted by atomic mass is 16.3. The molecule has 2 aromatic heterocycles. The molecule has 0 aliphatic heterocycles. The number of rotatable bonds is 3. The zero-order valence-electron chi connectivity index (χ0n) is 21.0. The van der Waals surface area contributed by atoms with E-state index in [0.717, 1.165) is 50.2 Å². The molecule has 0 fully saturated rings. The van der Waals surface area contributed by atoms with Gasteiger partial charge < -0.3 is 4.42 Å². The molecule has 0 bridgehead atoms. The first-order valence-corrected chi connectivity index (χ1v) is 13.1. The second-order valence-corrected chi connectivity index (χ2v) is 9.77. The van der Waals surface area contributed by atoms with Crippen LogP contribution < -0.4 is 0 Å². The van der Waals surface area contributed by atoms with E-state index in [9.17, 15) is 0 Å². The second kappa shape index (κ2) is 8.64. The van der Waals surface area contributed by atoms with E-state index in [4.69, 9.17) is 14.4 Å². The van der Waals surface area contributed by atoms with Gasteiger partial charge in [0.15, 0.2) is 11.6 Å². The summed E-state index contributed by atoms with van der Waals surface area (Å²) in [6.45, 7) is 0. The van der Waals surface area contributed by atoms with E-state index in [1.165, 1.54) is 16.7 Å². The Morgan fingerprint density at radius 1 is 0.436 bits per heavy atom. The molecule has 5 aromatic carbocycles. The smallest absolute Gasteiger partial charge is 0.197 e. The Hall–Kier alpha value is -5.28. The molecule has 182 valence electrons. The van der Waals surface area contributed by atoms with Crippen LogP contribution in [-0.2, 0) is 0 Å². The molecule has 0 radical (unpaired) electrons. The summed E-state index contributed by atoms with van der Waals surface area (Å²) < 4.78 is 6.68. The van der Waals surface area contributed by atoms with Crippen molar-refractivity contribution in [1.29, 1.82) is 0 Å². The minimum Gasteiger partial charge on any atom is -0.452 e. The van der Waals surface area contributed by atoms with Crippen LogP contribution in [0.15, 0.2) is 138 Å². The molecule has 0 N–H and O–H groups in total. The maximum Gasteiger partial charge on any atom is 0.197 e. The SMILES string of the molecule is c1ccc(-c2cc(-c3ccccc3)nc(-c3oc4cccc5c4c3-c3ccccc3-c3ccccc3-5)n2)cc1. The van der Waals surface area contributed by atoms with Crippen molar-refractivity contribution in [2.45, 2.75) is 0 Å². The first kappa shape index (κ1) is 21.8. The zero-order chi connectivity index (χ0) is 25.8. The normalized spacial score (nSPS) is 11.6. The molecule has 0 atom stereocenters. The molecule has 0 spiro atoms. The number of furan rings is 1. The van der Waals surface area contributed by atoms with Crippen LogP contribution in [0, 0.1) is 0 Å². The molecular weight excluding hydrogens is 476 g/mol. The minimum atomic E-state index is 0.577. The lowest BCUT2D eigenvalue weighted by molar-refractivity contribution is 0.626. The van der Waals surface area contributed by atoms with Crippen molar-refractivity contribution in [2.24, 2.45) is 0 Å². The van der Waals surface area contributed by atoms with Gasteiger partial charge in [-0.05, 0) is 39.9 Å². The molecule has 3 heteroatoms. The third-order valence-corrected chi connectivity index (χ3v) is 7.49. The van der Waals surface area contributed by atoms with Crippen molar-refractivity contribution < 1.29 is 4.42 Å². The number of aromatic nitrogens is 2. The fourth-order valence-electron chi connectivity index (χ4n) is 5.74. The summed E-state index contributed by atoms with van der Waals surface area (Å²) in [6.07, 6.45) is 0. The van der Waals surface area contributed by atoms with Crippen molar-refractivity contribution in [2.75, 3.05) is 0 Å². The average Bonchev–Trinajstić information content (AvgIpc) is 3.36. The summed E-state index contributed by atoms with van der Waals surface area (Å²) in [5.74, 6) is 1.26. The maximum absolute atomic E-state index is 6.68. The summed E-state index contributed by atoms with van der Waals surface area (Å²) in [5, 5.41) is 1.10. The summed E-state index contributed by atoms with van der Waals surface area (Å²) in [5.41, 5.74) is 11.5. The Morgan fingerprint density at radius 3 is 1.54 bits per heavy atom. The highest BCUT2D eigenvalue weighted by molar-refractivity contribution is 6.15. The first-order chi connectivity index (χ1) is 19.3. The Kier molecular flexibility index (Phi) is 4.82. The number of benzene rings is 5. The molecule has 39 heavy (non-hydrogen) atoms. The van der Waals surface area contributed by atoms with Crippen molar-refractivity contribution in [1.82, 2.24) is 9.97 Å². The predicted octanol–water partition coefficient (Wildman–Crippen LogP) is 9.54. The van der Waals surface area contributed by atoms with Gasteiger partial charge in [0.2, 0.25) is 0 Å². The molecule has 0 saturated carbocycles. The Balaban J connectivity index is 1.48. The van der Waals surface area contributed by atoms with Crippen LogP contribution in [-0.4, -0.2) is 9.97 Å². The molecule has 1 aliphatic carbocycles. The van der Waals surface area contributed by atoms with Crippen molar-refractivity contribution in [3.8, 4) is 67.5 Å². The van der Waals surface area contributed by atoms with Gasteiger partial charge in [0, 0.05) is 22.1 Å². The predicted molar refractivity (Wildman–Crippen MR) is 158 cm³/mol. The lowest BCUT2D eigenvalue weighted by Crippen LogP contribution is -1.96. The Bertz CT molecular complexity index is 1950. The molecule has 8 rings (SSSR count). The summed E-state index contributed by atoms with van der Waals surface area (Å²) >= 11 is 0. The maximum atomic E-state index is 6.68. The lowest BCUT2D eigenvalue weighted by Gasteiger charge is -2.12. The monoisotopic (exact) mass is 498 g/mol. The van der Waals surface area contributed by atoms with Crippen molar-refractivity contribution in [3.63, 3.8) is 0 Å². The first-order valence-electron chi connectivity index (χ1n) is 13.1. The number of nitrogens with zero attached hydrogens (tertiary/aromatic N) is 2. The summed E-state index contributed by atoms with van der Waals surface area (Å²) in [6, 6.07) is 46.0. The van der Waals surface area contributed by atoms with E-state index in [2.05, 4.69) is 91.0 Å². The van der Waals surface area contributed by atoms with Crippen LogP contribution in [0.25, 0.3) is 78.4 Å². The molecule has 2 heterocycles. The van der Waals surface area contributed by atoms with Gasteiger partial charge in [0.05, 0.1) is 11.4 Å². The molecule has 0 amide bonds. The van der Waals surface area contributed by atoms with E-state index in [1.54, 1.807) is 0 Å². The van der Waals surface area contributed by atoms with Crippen LogP contribution in [0.3, 0.4) is 0 Å². The van der Waals surface area contributed by atoms with Crippen molar-refractivity contribution in [3.05, 3.63) is 133 Å². The van der Waals surface area contributed by atoms with E-state index in [0.29, 0.717) is 11.6 Å². The van der Waals surface area contributed by atoms with E-state index >= 15 is 0 Å². The van der Waals surface area contributed by atoms with Crippen LogP contribution in [0.5, 0.6) is 0 Å². The summed E-state index contributed by atoms with van der Waals surface area (Å²) in [7, 11) is 0. The molecule has 3 nitrogen and oxygen atoms in total. The van der Waals surface area contributed by atoms with Crippen LogP contribution >= 0.6 is 0 Å². The fourth-order valence-corrected chi connectivity index (χ4v) is 5.74. The van der Waals surface area contributed by atoms with Crippen LogP contribution in [0.1, 0.15) is 0 Å². The van der Waals surface area contributed by atoms with Crippen molar-refractivity contribution >= 4 is 11.0 Å². The molecular formula is C36H22N2O. The van der Waals surface area contributed by atoms with Gasteiger partial charge in [-0.25, -0.2) is 9.97 Å². The van der Waals surface area contributed by atoms with E-state index < -0.39 is 0 Å². The van der Waals surface area contributed by atoms with E-state index in [1.807, 2.05) is 42.5 Å². The highest BCUT2D eigenvalue weighted by Crippen LogP contribution is 2.51. The van der Waals surface area contributed by atoms with Gasteiger partial charge in [-0.1, -0.05) is 121 Å². The standard InChI is InChI=1S/C36H22N2O/c1-3-12-23(13-4-1)30-22-31(24-14-5-2-6-15-24)38-36(37-30)35-34-29-19-10-9-18-27(29)25-16-7-8-17-26(25)28-20-11-21-32(39-35)33(28)34/h1-22H. The van der Waals surface area contributed by atoms with Gasteiger partial charge in [-0.15, -0.1) is 0 Å². The van der Waals surface area contributed by atoms with Gasteiger partial charge in [0.25, 0.3) is 0 Å². The third kappa shape index (κ3) is 3.44. The Labute approximate surface area is 226 Å². The average molecular weight is 499 g/mol. The van der Waals surface area contributed by atoms with Gasteiger partial charge in [-0.3, -0.25) is 0 Å². The number of hydrogen-bond donors (Lipinski definition) is 0. The third-order valence-electron chi connectivity index (χ3n) is 7.49. The van der Waals surface area contributed by atoms with Gasteiger partial charge >= 0.3 is 0 Å². The Morgan fingerprint density at radius 2 is 0.923 bits per heavy atom. The van der Waals surface area contributed by atoms with Gasteiger partial charge in [0.1, 0.15) is 5.58 Å². The second-order valence-electron chi connectivity index (χ2n) is 9.77. The fraction of sp³-hybridized carbons (Fsp3) is 0. The summed E-state index contributed by atoms with van der Waals surface area (Å²) in [4.78, 5) is 10.2. The molecule has 1 aliphatic rings. The minimum absolute atomic E-state index is 0.577. The topological polar surface area (TPSA) is 38.9 Å². The highest BCUT2D eigenvalue weighted by Gasteiger charge is 2.28. The zero-order valence-corrected chi connectivity index (χ0v) is 21.0. The lowest BCUT2D eigenvalue weighted by atomic mass is 9.94.